The van der Waals surface area contributed by atoms with E-state index in [9.17, 15) is 4.79 Å². The number of hydrogen-bond acceptors (Lipinski definition) is 3. The summed E-state index contributed by atoms with van der Waals surface area (Å²) in [7, 11) is 0. The fourth-order valence-corrected chi connectivity index (χ4v) is 2.88. The highest BCUT2D eigenvalue weighted by Crippen LogP contribution is 2.24. The van der Waals surface area contributed by atoms with Crippen LogP contribution in [0.15, 0.2) is 0 Å². The Balaban J connectivity index is 1.71. The van der Waals surface area contributed by atoms with Gasteiger partial charge in [-0.25, -0.2) is 0 Å². The highest BCUT2D eigenvalue weighted by atomic mass is 16.2. The summed E-state index contributed by atoms with van der Waals surface area (Å²) in [5.74, 6) is 0.839. The van der Waals surface area contributed by atoms with Gasteiger partial charge >= 0.3 is 0 Å². The fourth-order valence-electron chi connectivity index (χ4n) is 2.88. The minimum Gasteiger partial charge on any atom is -0.342 e. The molecule has 0 spiro atoms. The van der Waals surface area contributed by atoms with Crippen molar-refractivity contribution < 1.29 is 4.79 Å². The van der Waals surface area contributed by atoms with Crippen molar-refractivity contribution in [3.8, 4) is 0 Å². The second-order valence-corrected chi connectivity index (χ2v) is 5.00. The molecule has 1 aliphatic heterocycles. The molecule has 2 atom stereocenters. The highest BCUT2D eigenvalue weighted by molar-refractivity contribution is 5.78. The Morgan fingerprint density at radius 1 is 1.25 bits per heavy atom. The van der Waals surface area contributed by atoms with Crippen molar-refractivity contribution >= 4 is 5.91 Å². The average molecular weight is 225 g/mol. The molecule has 1 saturated carbocycles. The number of hydrogen-bond donors (Lipinski definition) is 2. The van der Waals surface area contributed by atoms with Gasteiger partial charge in [-0.2, -0.15) is 0 Å². The third-order valence-corrected chi connectivity index (χ3v) is 3.94. The fraction of sp³-hybridized carbons (Fsp3) is 0.917. The molecule has 2 aliphatic rings. The Hall–Kier alpha value is -0.610. The van der Waals surface area contributed by atoms with Gasteiger partial charge in [0.2, 0.25) is 5.91 Å². The van der Waals surface area contributed by atoms with Crippen LogP contribution in [0.3, 0.4) is 0 Å². The van der Waals surface area contributed by atoms with E-state index in [1.54, 1.807) is 0 Å². The molecule has 1 heterocycles. The van der Waals surface area contributed by atoms with Crippen LogP contribution in [0.25, 0.3) is 0 Å². The lowest BCUT2D eigenvalue weighted by Crippen LogP contribution is -2.43. The van der Waals surface area contributed by atoms with Crippen LogP contribution >= 0.6 is 0 Å². The SMILES string of the molecule is NCC1CCCC1NCC(=O)N1CCCC1. The maximum absolute atomic E-state index is 11.8. The smallest absolute Gasteiger partial charge is 0.236 e. The van der Waals surface area contributed by atoms with Crippen LogP contribution in [-0.4, -0.2) is 43.0 Å². The summed E-state index contributed by atoms with van der Waals surface area (Å²) < 4.78 is 0. The monoisotopic (exact) mass is 225 g/mol. The van der Waals surface area contributed by atoms with Crippen molar-refractivity contribution in [3.63, 3.8) is 0 Å². The van der Waals surface area contributed by atoms with Crippen molar-refractivity contribution in [3.05, 3.63) is 0 Å². The lowest BCUT2D eigenvalue weighted by atomic mass is 10.0. The molecule has 0 aromatic rings. The largest absolute Gasteiger partial charge is 0.342 e. The van der Waals surface area contributed by atoms with Crippen LogP contribution < -0.4 is 11.1 Å². The van der Waals surface area contributed by atoms with Gasteiger partial charge in [0.1, 0.15) is 0 Å². The molecule has 2 fully saturated rings. The zero-order valence-corrected chi connectivity index (χ0v) is 9.95. The average Bonchev–Trinajstić information content (AvgIpc) is 2.96. The molecule has 2 rings (SSSR count). The first kappa shape index (κ1) is 11.9. The molecule has 0 radical (unpaired) electrons. The normalized spacial score (nSPS) is 29.9. The van der Waals surface area contributed by atoms with Gasteiger partial charge < -0.3 is 16.0 Å². The number of carbonyl (C=O) groups is 1. The van der Waals surface area contributed by atoms with Crippen LogP contribution in [0.4, 0.5) is 0 Å². The van der Waals surface area contributed by atoms with Gasteiger partial charge in [0.05, 0.1) is 6.54 Å². The van der Waals surface area contributed by atoms with E-state index in [0.717, 1.165) is 19.6 Å². The van der Waals surface area contributed by atoms with E-state index >= 15 is 0 Å². The summed E-state index contributed by atoms with van der Waals surface area (Å²) in [6, 6.07) is 0.469. The summed E-state index contributed by atoms with van der Waals surface area (Å²) in [6.07, 6.45) is 5.97. The van der Waals surface area contributed by atoms with E-state index in [-0.39, 0.29) is 5.91 Å². The van der Waals surface area contributed by atoms with E-state index in [4.69, 9.17) is 5.73 Å². The van der Waals surface area contributed by atoms with Gasteiger partial charge in [-0.3, -0.25) is 4.79 Å². The van der Waals surface area contributed by atoms with Gasteiger partial charge in [0.25, 0.3) is 0 Å². The quantitative estimate of drug-likeness (QED) is 0.725. The van der Waals surface area contributed by atoms with Crippen molar-refractivity contribution in [1.29, 1.82) is 0 Å². The third kappa shape index (κ3) is 2.74. The van der Waals surface area contributed by atoms with Gasteiger partial charge in [-0.1, -0.05) is 6.42 Å². The molecule has 1 amide bonds. The summed E-state index contributed by atoms with van der Waals surface area (Å²) in [4.78, 5) is 13.8. The molecular weight excluding hydrogens is 202 g/mol. The molecule has 1 aliphatic carbocycles. The Bertz CT molecular complexity index is 238. The molecule has 0 bridgehead atoms. The predicted molar refractivity (Wildman–Crippen MR) is 64.0 cm³/mol. The molecule has 0 aromatic heterocycles. The van der Waals surface area contributed by atoms with E-state index in [2.05, 4.69) is 5.32 Å². The molecule has 4 nitrogen and oxygen atoms in total. The third-order valence-electron chi connectivity index (χ3n) is 3.94. The van der Waals surface area contributed by atoms with Crippen molar-refractivity contribution in [2.45, 2.75) is 38.1 Å². The Kier molecular flexibility index (Phi) is 4.18. The Morgan fingerprint density at radius 2 is 2.00 bits per heavy atom. The van der Waals surface area contributed by atoms with Crippen LogP contribution in [0.2, 0.25) is 0 Å². The van der Waals surface area contributed by atoms with Gasteiger partial charge in [-0.15, -0.1) is 0 Å². The summed E-state index contributed by atoms with van der Waals surface area (Å²) in [5, 5.41) is 3.39. The van der Waals surface area contributed by atoms with Gasteiger partial charge in [0.15, 0.2) is 0 Å². The number of carbonyl (C=O) groups excluding carboxylic acids is 1. The first-order valence-corrected chi connectivity index (χ1v) is 6.52. The minimum atomic E-state index is 0.264. The number of likely N-dealkylation sites (tertiary alicyclic amines) is 1. The molecule has 3 N–H and O–H groups in total. The zero-order valence-electron chi connectivity index (χ0n) is 9.95. The summed E-state index contributed by atoms with van der Waals surface area (Å²) >= 11 is 0. The molecule has 16 heavy (non-hydrogen) atoms. The van der Waals surface area contributed by atoms with Gasteiger partial charge in [0, 0.05) is 19.1 Å². The van der Waals surface area contributed by atoms with E-state index < -0.39 is 0 Å². The molecular formula is C12H23N3O. The van der Waals surface area contributed by atoms with Crippen LogP contribution in [0, 0.1) is 5.92 Å². The lowest BCUT2D eigenvalue weighted by molar-refractivity contribution is -0.129. The maximum atomic E-state index is 11.8. The summed E-state index contributed by atoms with van der Waals surface area (Å²) in [6.45, 7) is 3.15. The first-order valence-electron chi connectivity index (χ1n) is 6.52. The van der Waals surface area contributed by atoms with Crippen molar-refractivity contribution in [2.24, 2.45) is 11.7 Å². The van der Waals surface area contributed by atoms with Crippen LogP contribution in [-0.2, 0) is 4.79 Å². The molecule has 1 saturated heterocycles. The van der Waals surface area contributed by atoms with Crippen LogP contribution in [0.5, 0.6) is 0 Å². The number of amides is 1. The molecule has 0 aromatic carbocycles. The number of nitrogens with two attached hydrogens (primary N) is 1. The molecule has 92 valence electrons. The first-order chi connectivity index (χ1) is 7.81. The Morgan fingerprint density at radius 3 is 2.69 bits per heavy atom. The Labute approximate surface area is 97.6 Å². The lowest BCUT2D eigenvalue weighted by Gasteiger charge is -2.21. The predicted octanol–water partition coefficient (Wildman–Crippen LogP) is 0.326. The van der Waals surface area contributed by atoms with E-state index in [1.807, 2.05) is 4.90 Å². The van der Waals surface area contributed by atoms with Crippen molar-refractivity contribution in [2.75, 3.05) is 26.2 Å². The maximum Gasteiger partial charge on any atom is 0.236 e. The molecule has 2 unspecified atom stereocenters. The minimum absolute atomic E-state index is 0.264. The van der Waals surface area contributed by atoms with Crippen molar-refractivity contribution in [1.82, 2.24) is 10.2 Å². The number of rotatable bonds is 4. The number of nitrogens with zero attached hydrogens (tertiary/aromatic N) is 1. The van der Waals surface area contributed by atoms with E-state index in [0.29, 0.717) is 18.5 Å². The van der Waals surface area contributed by atoms with Crippen LogP contribution in [0.1, 0.15) is 32.1 Å². The highest BCUT2D eigenvalue weighted by Gasteiger charge is 2.27. The topological polar surface area (TPSA) is 58.4 Å². The standard InChI is InChI=1S/C12H23N3O/c13-8-10-4-3-5-11(10)14-9-12(16)15-6-1-2-7-15/h10-11,14H,1-9,13H2. The zero-order chi connectivity index (χ0) is 11.4. The molecule has 4 heteroatoms. The van der Waals surface area contributed by atoms with Gasteiger partial charge in [-0.05, 0) is 38.1 Å². The summed E-state index contributed by atoms with van der Waals surface area (Å²) in [5.41, 5.74) is 5.72. The second-order valence-electron chi connectivity index (χ2n) is 5.00. The number of nitrogens with one attached hydrogen (secondary N) is 1. The second kappa shape index (κ2) is 5.64. The van der Waals surface area contributed by atoms with E-state index in [1.165, 1.54) is 32.1 Å².